The van der Waals surface area contributed by atoms with Crippen molar-refractivity contribution in [1.29, 1.82) is 0 Å². The second kappa shape index (κ2) is 11.3. The zero-order valence-electron chi connectivity index (χ0n) is 22.2. The van der Waals surface area contributed by atoms with Crippen molar-refractivity contribution < 1.29 is 14.4 Å². The Morgan fingerprint density at radius 1 is 1.15 bits per heavy atom. The number of carbonyl (C=O) groups is 3. The van der Waals surface area contributed by atoms with Crippen LogP contribution < -0.4 is 15.1 Å². The molecule has 0 radical (unpaired) electrons. The number of anilines is 2. The van der Waals surface area contributed by atoms with Crippen molar-refractivity contribution in [1.82, 2.24) is 5.32 Å². The highest BCUT2D eigenvalue weighted by Crippen LogP contribution is 2.41. The van der Waals surface area contributed by atoms with Crippen molar-refractivity contribution in [3.8, 4) is 0 Å². The maximum absolute atomic E-state index is 12.8. The fourth-order valence-corrected chi connectivity index (χ4v) is 3.44. The molecule has 0 saturated heterocycles. The summed E-state index contributed by atoms with van der Waals surface area (Å²) < 4.78 is 0.132. The van der Waals surface area contributed by atoms with Gasteiger partial charge in [0.1, 0.15) is 6.54 Å². The normalized spacial score (nSPS) is 17.0. The van der Waals surface area contributed by atoms with E-state index in [1.165, 1.54) is 11.8 Å². The quantitative estimate of drug-likeness (QED) is 0.405. The van der Waals surface area contributed by atoms with Gasteiger partial charge < -0.3 is 10.2 Å². The molecule has 2 aliphatic rings. The van der Waals surface area contributed by atoms with Gasteiger partial charge in [0.05, 0.1) is 17.9 Å². The van der Waals surface area contributed by atoms with Gasteiger partial charge in [0.2, 0.25) is 11.8 Å². The molecule has 7 heteroatoms. The van der Waals surface area contributed by atoms with E-state index in [2.05, 4.69) is 66.4 Å². The molecule has 2 amide bonds. The fourth-order valence-electron chi connectivity index (χ4n) is 3.44. The Kier molecular flexibility index (Phi) is 9.39. The summed E-state index contributed by atoms with van der Waals surface area (Å²) in [6.45, 7) is 16.7. The van der Waals surface area contributed by atoms with E-state index in [4.69, 9.17) is 0 Å². The smallest absolute Gasteiger partial charge is 0.247 e. The van der Waals surface area contributed by atoms with E-state index < -0.39 is 0 Å². The van der Waals surface area contributed by atoms with Crippen LogP contribution in [0.5, 0.6) is 0 Å². The summed E-state index contributed by atoms with van der Waals surface area (Å²) >= 11 is 4.44. The summed E-state index contributed by atoms with van der Waals surface area (Å²) in [5.74, 6) is -0.242. The number of hydrogen-bond acceptors (Lipinski definition) is 5. The SMILES string of the molecule is CC(C)(C)C(C)(C)S.CCCC(C)NCC(=O)N1CC(=O)N(C2CC2)c2ccc(C(C)=O)cc21. The molecule has 1 fully saturated rings. The fraction of sp³-hybridized carbons (Fsp3) is 0.667. The van der Waals surface area contributed by atoms with Crippen molar-refractivity contribution in [2.75, 3.05) is 22.9 Å². The average Bonchev–Trinajstić information content (AvgIpc) is 3.55. The Balaban J connectivity index is 0.000000440. The molecule has 0 bridgehead atoms. The molecule has 3 rings (SSSR count). The third-order valence-electron chi connectivity index (χ3n) is 6.87. The van der Waals surface area contributed by atoms with E-state index >= 15 is 0 Å². The van der Waals surface area contributed by atoms with Gasteiger partial charge in [-0.2, -0.15) is 12.6 Å². The molecule has 1 N–H and O–H groups in total. The Bertz CT molecular complexity index is 885. The van der Waals surface area contributed by atoms with Crippen molar-refractivity contribution in [3.05, 3.63) is 23.8 Å². The lowest BCUT2D eigenvalue weighted by atomic mass is 9.83. The molecule has 1 aliphatic carbocycles. The van der Waals surface area contributed by atoms with Crippen LogP contribution in [0.25, 0.3) is 0 Å². The minimum atomic E-state index is -0.140. The van der Waals surface area contributed by atoms with E-state index in [-0.39, 0.29) is 47.5 Å². The summed E-state index contributed by atoms with van der Waals surface area (Å²) in [6, 6.07) is 5.75. The van der Waals surface area contributed by atoms with Gasteiger partial charge in [0.15, 0.2) is 5.78 Å². The molecule has 190 valence electrons. The lowest BCUT2D eigenvalue weighted by Gasteiger charge is -2.36. The van der Waals surface area contributed by atoms with E-state index in [1.807, 2.05) is 0 Å². The van der Waals surface area contributed by atoms with Crippen LogP contribution >= 0.6 is 12.6 Å². The second-order valence-corrected chi connectivity index (χ2v) is 12.2. The maximum Gasteiger partial charge on any atom is 0.247 e. The van der Waals surface area contributed by atoms with Crippen LogP contribution in [0.3, 0.4) is 0 Å². The standard InChI is InChI=1S/C20H27N3O3.C7H16S/c1-4-5-13(2)21-11-19(25)22-12-20(26)23(16-7-8-16)17-9-6-15(14(3)24)10-18(17)22;1-6(2,3)7(4,5)8/h6,9-10,13,16,21H,4-5,7-8,11-12H2,1-3H3;8H,1-5H3. The van der Waals surface area contributed by atoms with E-state index in [0.717, 1.165) is 31.4 Å². The molecular weight excluding hydrogens is 446 g/mol. The summed E-state index contributed by atoms with van der Waals surface area (Å²) in [6.07, 6.45) is 4.02. The van der Waals surface area contributed by atoms with Crippen LogP contribution in [0.1, 0.15) is 91.4 Å². The molecule has 1 atom stereocenters. The first-order valence-corrected chi connectivity index (χ1v) is 12.8. The van der Waals surface area contributed by atoms with Crippen molar-refractivity contribution in [2.24, 2.45) is 5.41 Å². The number of nitrogens with zero attached hydrogens (tertiary/aromatic N) is 2. The lowest BCUT2D eigenvalue weighted by Crippen LogP contribution is -2.51. The van der Waals surface area contributed by atoms with Gasteiger partial charge in [-0.1, -0.05) is 48.0 Å². The Morgan fingerprint density at radius 2 is 1.74 bits per heavy atom. The van der Waals surface area contributed by atoms with E-state index in [1.54, 1.807) is 23.1 Å². The van der Waals surface area contributed by atoms with Crippen LogP contribution in [0.15, 0.2) is 18.2 Å². The molecule has 6 nitrogen and oxygen atoms in total. The molecule has 0 spiro atoms. The van der Waals surface area contributed by atoms with Crippen molar-refractivity contribution in [3.63, 3.8) is 0 Å². The van der Waals surface area contributed by atoms with Crippen molar-refractivity contribution in [2.45, 2.75) is 97.9 Å². The maximum atomic E-state index is 12.8. The highest BCUT2D eigenvalue weighted by atomic mass is 32.1. The first-order chi connectivity index (χ1) is 15.7. The van der Waals surface area contributed by atoms with Crippen LogP contribution in [-0.4, -0.2) is 47.5 Å². The topological polar surface area (TPSA) is 69.7 Å². The number of ketones is 1. The number of fused-ring (bicyclic) bond motifs is 1. The number of amides is 2. The summed E-state index contributed by atoms with van der Waals surface area (Å²) in [4.78, 5) is 40.6. The average molecular weight is 490 g/mol. The molecule has 0 aromatic heterocycles. The second-order valence-electron chi connectivity index (χ2n) is 11.1. The third-order valence-corrected chi connectivity index (χ3v) is 7.54. The number of Topliss-reactive ketones (excluding diaryl/α,β-unsaturated/α-hetero) is 1. The van der Waals surface area contributed by atoms with Crippen molar-refractivity contribution >= 4 is 41.6 Å². The Hall–Kier alpha value is -1.86. The Labute approximate surface area is 211 Å². The van der Waals surface area contributed by atoms with Gasteiger partial charge in [-0.15, -0.1) is 0 Å². The zero-order valence-corrected chi connectivity index (χ0v) is 23.1. The van der Waals surface area contributed by atoms with E-state index in [9.17, 15) is 14.4 Å². The van der Waals surface area contributed by atoms with Gasteiger partial charge in [-0.3, -0.25) is 19.3 Å². The van der Waals surface area contributed by atoms with Gasteiger partial charge in [-0.05, 0) is 56.7 Å². The van der Waals surface area contributed by atoms with Crippen LogP contribution in [0.2, 0.25) is 0 Å². The molecule has 1 aliphatic heterocycles. The number of rotatable bonds is 7. The van der Waals surface area contributed by atoms with Gasteiger partial charge in [0.25, 0.3) is 0 Å². The highest BCUT2D eigenvalue weighted by Gasteiger charge is 2.40. The summed E-state index contributed by atoms with van der Waals surface area (Å²) in [7, 11) is 0. The monoisotopic (exact) mass is 489 g/mol. The van der Waals surface area contributed by atoms with Gasteiger partial charge in [-0.25, -0.2) is 0 Å². The van der Waals surface area contributed by atoms with Gasteiger partial charge >= 0.3 is 0 Å². The Morgan fingerprint density at radius 3 is 2.21 bits per heavy atom. The minimum Gasteiger partial charge on any atom is -0.306 e. The molecule has 34 heavy (non-hydrogen) atoms. The molecule has 1 aromatic rings. The molecule has 1 heterocycles. The minimum absolute atomic E-state index is 0.0352. The molecule has 1 aromatic carbocycles. The summed E-state index contributed by atoms with van der Waals surface area (Å²) in [5.41, 5.74) is 2.26. The number of nitrogens with one attached hydrogen (secondary N) is 1. The first-order valence-electron chi connectivity index (χ1n) is 12.4. The number of carbonyl (C=O) groups excluding carboxylic acids is 3. The van der Waals surface area contributed by atoms with Crippen LogP contribution in [0, 0.1) is 5.41 Å². The van der Waals surface area contributed by atoms with Gasteiger partial charge in [0, 0.05) is 22.4 Å². The largest absolute Gasteiger partial charge is 0.306 e. The predicted molar refractivity (Wildman–Crippen MR) is 144 cm³/mol. The molecular formula is C27H43N3O3S. The van der Waals surface area contributed by atoms with E-state index in [0.29, 0.717) is 16.7 Å². The third kappa shape index (κ3) is 7.32. The number of hydrogen-bond donors (Lipinski definition) is 2. The predicted octanol–water partition coefficient (Wildman–Crippen LogP) is 5.25. The number of benzene rings is 1. The molecule has 1 saturated carbocycles. The zero-order chi connectivity index (χ0) is 25.8. The summed E-state index contributed by atoms with van der Waals surface area (Å²) in [5, 5.41) is 3.23. The first kappa shape index (κ1) is 28.4. The van der Waals surface area contributed by atoms with Crippen LogP contribution in [0.4, 0.5) is 11.4 Å². The van der Waals surface area contributed by atoms with Crippen LogP contribution in [-0.2, 0) is 9.59 Å². The number of thiol groups is 1. The highest BCUT2D eigenvalue weighted by molar-refractivity contribution is 7.81. The molecule has 1 unspecified atom stereocenters. The lowest BCUT2D eigenvalue weighted by molar-refractivity contribution is -0.122.